The van der Waals surface area contributed by atoms with Crippen molar-refractivity contribution < 1.29 is 0 Å². The maximum atomic E-state index is 11.2. The number of hydrogen-bond acceptors (Lipinski definition) is 5. The number of para-hydroxylation sites is 1. The van der Waals surface area contributed by atoms with Crippen molar-refractivity contribution in [3.8, 4) is 0 Å². The van der Waals surface area contributed by atoms with Crippen molar-refractivity contribution in [2.45, 2.75) is 6.92 Å². The Hall–Kier alpha value is -3.15. The molecule has 0 atom stereocenters. The van der Waals surface area contributed by atoms with Crippen molar-refractivity contribution in [1.29, 1.82) is 0 Å². The van der Waals surface area contributed by atoms with E-state index in [2.05, 4.69) is 25.8 Å². The molecule has 6 heteroatoms. The summed E-state index contributed by atoms with van der Waals surface area (Å²) in [6.45, 7) is 1.77. The summed E-state index contributed by atoms with van der Waals surface area (Å²) in [6.07, 6.45) is 0. The lowest BCUT2D eigenvalue weighted by atomic mass is 10.2. The highest BCUT2D eigenvalue weighted by atomic mass is 16.1. The Labute approximate surface area is 127 Å². The molecule has 3 rings (SSSR count). The van der Waals surface area contributed by atoms with Gasteiger partial charge in [0.05, 0.1) is 0 Å². The second-order valence-corrected chi connectivity index (χ2v) is 4.77. The zero-order chi connectivity index (χ0) is 15.4. The zero-order valence-corrected chi connectivity index (χ0v) is 12.0. The molecule has 3 aromatic rings. The van der Waals surface area contributed by atoms with Gasteiger partial charge in [0.25, 0.3) is 0 Å². The first-order valence-corrected chi connectivity index (χ1v) is 6.83. The van der Waals surface area contributed by atoms with Crippen molar-refractivity contribution in [3.05, 3.63) is 70.8 Å². The highest BCUT2D eigenvalue weighted by molar-refractivity contribution is 5.65. The van der Waals surface area contributed by atoms with Gasteiger partial charge in [-0.25, -0.2) is 9.89 Å². The van der Waals surface area contributed by atoms with Gasteiger partial charge in [-0.05, 0) is 43.3 Å². The van der Waals surface area contributed by atoms with Crippen molar-refractivity contribution in [2.75, 3.05) is 10.6 Å². The minimum absolute atomic E-state index is 0.451. The van der Waals surface area contributed by atoms with Gasteiger partial charge < -0.3 is 10.6 Å². The molecule has 1 heterocycles. The first kappa shape index (κ1) is 13.8. The predicted octanol–water partition coefficient (Wildman–Crippen LogP) is 2.96. The number of nitrogens with zero attached hydrogens (tertiary/aromatic N) is 2. The lowest BCUT2D eigenvalue weighted by Crippen LogP contribution is -2.15. The Bertz CT molecular complexity index is 812. The molecule has 0 aliphatic carbocycles. The fraction of sp³-hybridized carbons (Fsp3) is 0.0625. The highest BCUT2D eigenvalue weighted by Crippen LogP contribution is 2.20. The third-order valence-electron chi connectivity index (χ3n) is 3.09. The van der Waals surface area contributed by atoms with E-state index in [1.165, 1.54) is 0 Å². The van der Waals surface area contributed by atoms with Crippen LogP contribution >= 0.6 is 0 Å². The average Bonchev–Trinajstić information content (AvgIpc) is 2.54. The Balaban J connectivity index is 1.74. The van der Waals surface area contributed by atoms with Crippen LogP contribution in [0.2, 0.25) is 0 Å². The SMILES string of the molecule is Cc1n[nH]c(=O)nc1Nc1ccc(Nc2ccccc2)cc1. The second-order valence-electron chi connectivity index (χ2n) is 4.77. The molecule has 2 aromatic carbocycles. The van der Waals surface area contributed by atoms with E-state index in [9.17, 15) is 4.79 Å². The number of H-pyrrole nitrogens is 1. The molecule has 0 amide bonds. The Kier molecular flexibility index (Phi) is 3.82. The van der Waals surface area contributed by atoms with E-state index in [0.29, 0.717) is 11.5 Å². The van der Waals surface area contributed by atoms with Gasteiger partial charge >= 0.3 is 5.69 Å². The van der Waals surface area contributed by atoms with E-state index in [-0.39, 0.29) is 0 Å². The minimum atomic E-state index is -0.476. The molecule has 6 nitrogen and oxygen atoms in total. The van der Waals surface area contributed by atoms with Crippen LogP contribution in [0.4, 0.5) is 22.9 Å². The normalized spacial score (nSPS) is 10.2. The van der Waals surface area contributed by atoms with Crippen LogP contribution in [0.1, 0.15) is 5.69 Å². The van der Waals surface area contributed by atoms with Crippen molar-refractivity contribution in [3.63, 3.8) is 0 Å². The molecule has 0 aliphatic rings. The van der Waals surface area contributed by atoms with Crippen LogP contribution in [0.3, 0.4) is 0 Å². The molecular weight excluding hydrogens is 278 g/mol. The quantitative estimate of drug-likeness (QED) is 0.689. The van der Waals surface area contributed by atoms with Crippen molar-refractivity contribution in [1.82, 2.24) is 15.2 Å². The summed E-state index contributed by atoms with van der Waals surface area (Å²) in [7, 11) is 0. The number of benzene rings is 2. The van der Waals surface area contributed by atoms with Crippen LogP contribution in [-0.4, -0.2) is 15.2 Å². The van der Waals surface area contributed by atoms with Gasteiger partial charge in [-0.2, -0.15) is 10.1 Å². The molecule has 22 heavy (non-hydrogen) atoms. The van der Waals surface area contributed by atoms with Crippen LogP contribution in [0, 0.1) is 6.92 Å². The summed E-state index contributed by atoms with van der Waals surface area (Å²) in [6, 6.07) is 17.7. The minimum Gasteiger partial charge on any atom is -0.356 e. The smallest absolute Gasteiger partial charge is 0.356 e. The van der Waals surface area contributed by atoms with Gasteiger partial charge in [0.2, 0.25) is 0 Å². The molecule has 1 aromatic heterocycles. The monoisotopic (exact) mass is 293 g/mol. The molecule has 0 aliphatic heterocycles. The number of anilines is 4. The third kappa shape index (κ3) is 3.29. The standard InChI is InChI=1S/C16H15N5O/c1-11-15(19-16(22)21-20-11)18-14-9-7-13(8-10-14)17-12-5-3-2-4-6-12/h2-10,17H,1H3,(H2,18,19,21,22). The molecule has 0 spiro atoms. The lowest BCUT2D eigenvalue weighted by molar-refractivity contribution is 0.885. The highest BCUT2D eigenvalue weighted by Gasteiger charge is 2.03. The van der Waals surface area contributed by atoms with Gasteiger partial charge in [-0.1, -0.05) is 18.2 Å². The molecule has 3 N–H and O–H groups in total. The van der Waals surface area contributed by atoms with E-state index < -0.39 is 5.69 Å². The largest absolute Gasteiger partial charge is 0.363 e. The summed E-state index contributed by atoms with van der Waals surface area (Å²) in [4.78, 5) is 15.1. The van der Waals surface area contributed by atoms with Gasteiger partial charge in [-0.3, -0.25) is 0 Å². The number of nitrogens with one attached hydrogen (secondary N) is 3. The number of rotatable bonds is 4. The van der Waals surface area contributed by atoms with E-state index in [0.717, 1.165) is 17.1 Å². The van der Waals surface area contributed by atoms with Crippen LogP contribution in [-0.2, 0) is 0 Å². The molecule has 110 valence electrons. The fourth-order valence-electron chi connectivity index (χ4n) is 1.97. The van der Waals surface area contributed by atoms with Gasteiger partial charge in [0.15, 0.2) is 5.82 Å². The van der Waals surface area contributed by atoms with Crippen LogP contribution < -0.4 is 16.3 Å². The third-order valence-corrected chi connectivity index (χ3v) is 3.09. The summed E-state index contributed by atoms with van der Waals surface area (Å²) in [5, 5.41) is 12.6. The van der Waals surface area contributed by atoms with Gasteiger partial charge in [-0.15, -0.1) is 0 Å². The maximum absolute atomic E-state index is 11.2. The summed E-state index contributed by atoms with van der Waals surface area (Å²) >= 11 is 0. The molecule has 0 unspecified atom stereocenters. The summed E-state index contributed by atoms with van der Waals surface area (Å²) in [5.41, 5.74) is 2.99. The van der Waals surface area contributed by atoms with Crippen molar-refractivity contribution in [2.24, 2.45) is 0 Å². The first-order chi connectivity index (χ1) is 10.7. The summed E-state index contributed by atoms with van der Waals surface area (Å²) in [5.74, 6) is 0.451. The van der Waals surface area contributed by atoms with E-state index in [4.69, 9.17) is 0 Å². The maximum Gasteiger partial charge on any atom is 0.363 e. The van der Waals surface area contributed by atoms with Gasteiger partial charge in [0, 0.05) is 17.1 Å². The zero-order valence-electron chi connectivity index (χ0n) is 12.0. The molecule has 0 radical (unpaired) electrons. The topological polar surface area (TPSA) is 82.7 Å². The van der Waals surface area contributed by atoms with Crippen LogP contribution in [0.15, 0.2) is 59.4 Å². The Morgan fingerprint density at radius 1 is 0.864 bits per heavy atom. The molecule has 0 saturated heterocycles. The molecule has 0 fully saturated rings. The molecule has 0 saturated carbocycles. The average molecular weight is 293 g/mol. The Morgan fingerprint density at radius 2 is 1.45 bits per heavy atom. The number of hydrogen-bond donors (Lipinski definition) is 3. The van der Waals surface area contributed by atoms with Gasteiger partial charge in [0.1, 0.15) is 5.69 Å². The lowest BCUT2D eigenvalue weighted by Gasteiger charge is -2.09. The summed E-state index contributed by atoms with van der Waals surface area (Å²) < 4.78 is 0. The molecule has 0 bridgehead atoms. The second kappa shape index (κ2) is 6.09. The van der Waals surface area contributed by atoms with Crippen LogP contribution in [0.5, 0.6) is 0 Å². The van der Waals surface area contributed by atoms with E-state index in [1.807, 2.05) is 54.6 Å². The molecular formula is C16H15N5O. The van der Waals surface area contributed by atoms with E-state index >= 15 is 0 Å². The number of aromatic nitrogens is 3. The van der Waals surface area contributed by atoms with Crippen LogP contribution in [0.25, 0.3) is 0 Å². The number of aryl methyl sites for hydroxylation is 1. The fourth-order valence-corrected chi connectivity index (χ4v) is 1.97. The predicted molar refractivity (Wildman–Crippen MR) is 86.8 cm³/mol. The Morgan fingerprint density at radius 3 is 2.14 bits per heavy atom. The van der Waals surface area contributed by atoms with Crippen molar-refractivity contribution >= 4 is 22.9 Å². The number of aromatic amines is 1. The van der Waals surface area contributed by atoms with E-state index in [1.54, 1.807) is 6.92 Å². The first-order valence-electron chi connectivity index (χ1n) is 6.83.